The molecule has 0 saturated carbocycles. The molecule has 1 aromatic heterocycles. The lowest BCUT2D eigenvalue weighted by Gasteiger charge is -2.50. The summed E-state index contributed by atoms with van der Waals surface area (Å²) in [5.74, 6) is 1.91. The summed E-state index contributed by atoms with van der Waals surface area (Å²) in [7, 11) is 0. The first-order valence-corrected chi connectivity index (χ1v) is 15.7. The predicted octanol–water partition coefficient (Wildman–Crippen LogP) is 5.97. The Kier molecular flexibility index (Phi) is 7.46. The van der Waals surface area contributed by atoms with Crippen LogP contribution in [0.5, 0.6) is 0 Å². The Morgan fingerprint density at radius 1 is 1.02 bits per heavy atom. The van der Waals surface area contributed by atoms with Crippen molar-refractivity contribution in [2.45, 2.75) is 103 Å². The summed E-state index contributed by atoms with van der Waals surface area (Å²) >= 11 is 0. The zero-order valence-corrected chi connectivity index (χ0v) is 25.6. The molecule has 7 nitrogen and oxygen atoms in total. The van der Waals surface area contributed by atoms with Gasteiger partial charge in [0.25, 0.3) is 0 Å². The van der Waals surface area contributed by atoms with E-state index in [2.05, 4.69) is 79.7 Å². The van der Waals surface area contributed by atoms with Gasteiger partial charge in [0.1, 0.15) is 5.76 Å². The van der Waals surface area contributed by atoms with Crippen molar-refractivity contribution in [1.82, 2.24) is 19.6 Å². The number of piperidine rings is 1. The molecule has 6 rings (SSSR count). The fraction of sp³-hybridized carbons (Fsp3) is 0.647. The summed E-state index contributed by atoms with van der Waals surface area (Å²) in [6.07, 6.45) is 6.72. The predicted molar refractivity (Wildman–Crippen MR) is 160 cm³/mol. The normalized spacial score (nSPS) is 30.4. The van der Waals surface area contributed by atoms with Gasteiger partial charge in [-0.1, -0.05) is 51.1 Å². The average molecular weight is 561 g/mol. The lowest BCUT2D eigenvalue weighted by molar-refractivity contribution is -0.132. The molecule has 4 atom stereocenters. The Balaban J connectivity index is 1.20. The number of nitrogens with zero attached hydrogens (tertiary/aromatic N) is 4. The first kappa shape index (κ1) is 28.3. The SMILES string of the molecule is CC(C)N1C(=O)N(Cc2ccco2)CC12CC1CCC(C2)N1C[C@H]1CN(C(=O)CC(C)(C)C)C[C@@H]1c1ccccc1. The molecule has 4 aliphatic rings. The third-order valence-electron chi connectivity index (χ3n) is 10.1. The molecule has 5 heterocycles. The highest BCUT2D eigenvalue weighted by atomic mass is 16.3. The Morgan fingerprint density at radius 2 is 1.73 bits per heavy atom. The molecule has 0 aliphatic carbocycles. The highest BCUT2D eigenvalue weighted by Crippen LogP contribution is 2.49. The minimum absolute atomic E-state index is 0.0104. The molecule has 3 amide bonds. The average Bonchev–Trinajstić information content (AvgIpc) is 3.67. The van der Waals surface area contributed by atoms with Crippen molar-refractivity contribution < 1.29 is 14.0 Å². The van der Waals surface area contributed by atoms with E-state index in [0.29, 0.717) is 36.9 Å². The molecular weight excluding hydrogens is 512 g/mol. The van der Waals surface area contributed by atoms with Crippen LogP contribution in [0, 0.1) is 11.3 Å². The summed E-state index contributed by atoms with van der Waals surface area (Å²) in [6, 6.07) is 16.0. The fourth-order valence-electron chi connectivity index (χ4n) is 8.55. The number of amides is 3. The molecule has 2 aromatic rings. The van der Waals surface area contributed by atoms with E-state index in [9.17, 15) is 9.59 Å². The number of likely N-dealkylation sites (tertiary alicyclic amines) is 1. The van der Waals surface area contributed by atoms with E-state index in [-0.39, 0.29) is 28.9 Å². The molecule has 0 radical (unpaired) electrons. The monoisotopic (exact) mass is 560 g/mol. The Hall–Kier alpha value is -2.80. The number of carbonyl (C=O) groups excluding carboxylic acids is 2. The van der Waals surface area contributed by atoms with Crippen LogP contribution in [-0.2, 0) is 11.3 Å². The quantitative estimate of drug-likeness (QED) is 0.419. The molecule has 4 aliphatic heterocycles. The van der Waals surface area contributed by atoms with E-state index < -0.39 is 0 Å². The second-order valence-corrected chi connectivity index (χ2v) is 14.7. The molecule has 4 fully saturated rings. The van der Waals surface area contributed by atoms with Crippen LogP contribution in [0.1, 0.15) is 84.0 Å². The van der Waals surface area contributed by atoms with E-state index >= 15 is 0 Å². The number of furan rings is 1. The summed E-state index contributed by atoms with van der Waals surface area (Å²) in [4.78, 5) is 36.2. The number of urea groups is 1. The van der Waals surface area contributed by atoms with E-state index in [1.54, 1.807) is 6.26 Å². The van der Waals surface area contributed by atoms with Crippen LogP contribution in [0.2, 0.25) is 0 Å². The maximum absolute atomic E-state index is 13.7. The van der Waals surface area contributed by atoms with E-state index in [1.807, 2.05) is 17.0 Å². The van der Waals surface area contributed by atoms with Crippen LogP contribution in [-0.4, -0.2) is 81.4 Å². The van der Waals surface area contributed by atoms with E-state index in [0.717, 1.165) is 44.8 Å². The number of carbonyl (C=O) groups is 2. The second-order valence-electron chi connectivity index (χ2n) is 14.7. The number of hydrogen-bond acceptors (Lipinski definition) is 4. The number of rotatable bonds is 7. The smallest absolute Gasteiger partial charge is 0.321 e. The third kappa shape index (κ3) is 5.54. The van der Waals surface area contributed by atoms with Crippen molar-refractivity contribution in [2.75, 3.05) is 26.2 Å². The molecular formula is C34H48N4O3. The van der Waals surface area contributed by atoms with Gasteiger partial charge < -0.3 is 19.1 Å². The first-order chi connectivity index (χ1) is 19.5. The zero-order chi connectivity index (χ0) is 28.9. The van der Waals surface area contributed by atoms with E-state index in [4.69, 9.17) is 4.42 Å². The zero-order valence-electron chi connectivity index (χ0n) is 25.6. The summed E-state index contributed by atoms with van der Waals surface area (Å²) < 4.78 is 5.61. The Morgan fingerprint density at radius 3 is 2.34 bits per heavy atom. The van der Waals surface area contributed by atoms with Crippen LogP contribution in [0.25, 0.3) is 0 Å². The second kappa shape index (κ2) is 10.8. The van der Waals surface area contributed by atoms with Gasteiger partial charge in [-0.15, -0.1) is 0 Å². The van der Waals surface area contributed by atoms with Gasteiger partial charge >= 0.3 is 6.03 Å². The van der Waals surface area contributed by atoms with Crippen LogP contribution < -0.4 is 0 Å². The van der Waals surface area contributed by atoms with Crippen molar-refractivity contribution in [3.63, 3.8) is 0 Å². The van der Waals surface area contributed by atoms with E-state index in [1.165, 1.54) is 18.4 Å². The summed E-state index contributed by atoms with van der Waals surface area (Å²) in [5.41, 5.74) is 1.22. The molecule has 1 spiro atoms. The molecule has 7 heteroatoms. The molecule has 0 N–H and O–H groups in total. The Labute approximate surface area is 245 Å². The van der Waals surface area contributed by atoms with Gasteiger partial charge in [0.2, 0.25) is 5.91 Å². The van der Waals surface area contributed by atoms with Crippen LogP contribution in [0.15, 0.2) is 53.1 Å². The maximum atomic E-state index is 13.7. The van der Waals surface area contributed by atoms with Crippen LogP contribution in [0.4, 0.5) is 4.79 Å². The van der Waals surface area contributed by atoms with Gasteiger partial charge in [0.05, 0.1) is 18.3 Å². The van der Waals surface area contributed by atoms with Gasteiger partial charge in [0.15, 0.2) is 0 Å². The fourth-order valence-corrected chi connectivity index (χ4v) is 8.55. The number of hydrogen-bond donors (Lipinski definition) is 0. The van der Waals surface area contributed by atoms with Gasteiger partial charge in [-0.05, 0) is 68.6 Å². The topological polar surface area (TPSA) is 60.2 Å². The minimum Gasteiger partial charge on any atom is -0.467 e. The Bertz CT molecular complexity index is 1210. The molecule has 41 heavy (non-hydrogen) atoms. The number of benzene rings is 1. The lowest BCUT2D eigenvalue weighted by Crippen LogP contribution is -2.60. The van der Waals surface area contributed by atoms with Gasteiger partial charge in [-0.25, -0.2) is 4.79 Å². The molecule has 2 unspecified atom stereocenters. The van der Waals surface area contributed by atoms with Gasteiger partial charge in [-0.3, -0.25) is 9.69 Å². The van der Waals surface area contributed by atoms with Crippen molar-refractivity contribution in [3.05, 3.63) is 60.1 Å². The standard InChI is InChI=1S/C34H48N4O3/c1-24(2)38-32(40)36(21-29-12-9-15-41-29)23-34(38)16-27-13-14-28(17-34)37(27)20-26-19-35(31(39)18-33(3,4)5)22-30(26)25-10-7-6-8-11-25/h6-12,15,24,26-28,30H,13-14,16-23H2,1-5H3/t26-,27?,28?,30-,34?/m1/s1. The van der Waals surface area contributed by atoms with Crippen molar-refractivity contribution in [1.29, 1.82) is 0 Å². The maximum Gasteiger partial charge on any atom is 0.321 e. The van der Waals surface area contributed by atoms with Crippen molar-refractivity contribution >= 4 is 11.9 Å². The van der Waals surface area contributed by atoms with Crippen LogP contribution >= 0.6 is 0 Å². The highest BCUT2D eigenvalue weighted by molar-refractivity contribution is 5.79. The van der Waals surface area contributed by atoms with Crippen molar-refractivity contribution in [3.8, 4) is 0 Å². The molecule has 1 aromatic carbocycles. The minimum atomic E-state index is -0.122. The molecule has 2 bridgehead atoms. The summed E-state index contributed by atoms with van der Waals surface area (Å²) in [6.45, 7) is 14.8. The highest BCUT2D eigenvalue weighted by Gasteiger charge is 2.58. The van der Waals surface area contributed by atoms with Crippen LogP contribution in [0.3, 0.4) is 0 Å². The largest absolute Gasteiger partial charge is 0.467 e. The molecule has 222 valence electrons. The van der Waals surface area contributed by atoms with Crippen molar-refractivity contribution in [2.24, 2.45) is 11.3 Å². The number of fused-ring (bicyclic) bond motifs is 2. The van der Waals surface area contributed by atoms with Gasteiger partial charge in [0, 0.05) is 56.6 Å². The first-order valence-electron chi connectivity index (χ1n) is 15.7. The summed E-state index contributed by atoms with van der Waals surface area (Å²) in [5, 5.41) is 0. The lowest BCUT2D eigenvalue weighted by atomic mass is 9.80. The van der Waals surface area contributed by atoms with Gasteiger partial charge in [-0.2, -0.15) is 0 Å². The molecule has 4 saturated heterocycles. The third-order valence-corrected chi connectivity index (χ3v) is 10.1.